The fraction of sp³-hybridized carbons (Fsp3) is 0.444. The first-order valence-electron chi connectivity index (χ1n) is 8.19. The third-order valence-corrected chi connectivity index (χ3v) is 5.85. The second-order valence-electron chi connectivity index (χ2n) is 6.15. The SMILES string of the molecule is CN(C(=O)COc1c(Br)cc(Br)c2cccnc12)C1CCCCC1. The number of rotatable bonds is 4. The molecule has 1 aliphatic carbocycles. The molecule has 3 rings (SSSR count). The highest BCUT2D eigenvalue weighted by molar-refractivity contribution is 9.11. The van der Waals surface area contributed by atoms with E-state index in [-0.39, 0.29) is 12.5 Å². The predicted molar refractivity (Wildman–Crippen MR) is 102 cm³/mol. The molecule has 128 valence electrons. The van der Waals surface area contributed by atoms with Gasteiger partial charge in [0, 0.05) is 29.1 Å². The van der Waals surface area contributed by atoms with Crippen molar-refractivity contribution in [2.75, 3.05) is 13.7 Å². The fourth-order valence-electron chi connectivity index (χ4n) is 3.19. The quantitative estimate of drug-likeness (QED) is 0.656. The highest BCUT2D eigenvalue weighted by atomic mass is 79.9. The van der Waals surface area contributed by atoms with Gasteiger partial charge in [-0.1, -0.05) is 41.3 Å². The first kappa shape index (κ1) is 17.7. The Morgan fingerprint density at radius 3 is 2.79 bits per heavy atom. The maximum atomic E-state index is 12.5. The number of ether oxygens (including phenoxy) is 1. The molecule has 0 N–H and O–H groups in total. The van der Waals surface area contributed by atoms with Crippen LogP contribution in [0.25, 0.3) is 10.9 Å². The zero-order valence-electron chi connectivity index (χ0n) is 13.6. The summed E-state index contributed by atoms with van der Waals surface area (Å²) in [6.45, 7) is 0.0267. The van der Waals surface area contributed by atoms with Gasteiger partial charge in [0.25, 0.3) is 5.91 Å². The van der Waals surface area contributed by atoms with Gasteiger partial charge in [-0.25, -0.2) is 0 Å². The lowest BCUT2D eigenvalue weighted by Crippen LogP contribution is -2.40. The minimum atomic E-state index is 0.0146. The van der Waals surface area contributed by atoms with Crippen LogP contribution in [0, 0.1) is 0 Å². The van der Waals surface area contributed by atoms with E-state index in [0.29, 0.717) is 11.8 Å². The Morgan fingerprint density at radius 1 is 1.29 bits per heavy atom. The molecule has 1 saturated carbocycles. The smallest absolute Gasteiger partial charge is 0.260 e. The van der Waals surface area contributed by atoms with E-state index in [4.69, 9.17) is 4.74 Å². The number of carbonyl (C=O) groups is 1. The summed E-state index contributed by atoms with van der Waals surface area (Å²) in [6.07, 6.45) is 7.60. The summed E-state index contributed by atoms with van der Waals surface area (Å²) in [5, 5.41) is 0.962. The Kier molecular flexibility index (Phi) is 5.76. The molecular weight excluding hydrogens is 436 g/mol. The summed E-state index contributed by atoms with van der Waals surface area (Å²) < 4.78 is 7.58. The molecule has 1 aliphatic rings. The second kappa shape index (κ2) is 7.83. The maximum Gasteiger partial charge on any atom is 0.260 e. The van der Waals surface area contributed by atoms with Crippen molar-refractivity contribution < 1.29 is 9.53 Å². The molecule has 0 spiro atoms. The van der Waals surface area contributed by atoms with Crippen molar-refractivity contribution >= 4 is 48.7 Å². The van der Waals surface area contributed by atoms with Crippen molar-refractivity contribution in [3.05, 3.63) is 33.3 Å². The largest absolute Gasteiger partial charge is 0.480 e. The Morgan fingerprint density at radius 2 is 2.04 bits per heavy atom. The van der Waals surface area contributed by atoms with Gasteiger partial charge in [0.1, 0.15) is 5.52 Å². The number of carbonyl (C=O) groups excluding carboxylic acids is 1. The number of halogens is 2. The average molecular weight is 456 g/mol. The number of hydrogen-bond acceptors (Lipinski definition) is 3. The van der Waals surface area contributed by atoms with E-state index in [1.807, 2.05) is 30.1 Å². The van der Waals surface area contributed by atoms with E-state index in [1.54, 1.807) is 6.20 Å². The Hall–Kier alpha value is -1.14. The van der Waals surface area contributed by atoms with Crippen LogP contribution in [0.5, 0.6) is 5.75 Å². The van der Waals surface area contributed by atoms with Gasteiger partial charge in [-0.05, 0) is 40.9 Å². The topological polar surface area (TPSA) is 42.4 Å². The van der Waals surface area contributed by atoms with Gasteiger partial charge in [-0.15, -0.1) is 0 Å². The number of hydrogen-bond donors (Lipinski definition) is 0. The minimum absolute atomic E-state index is 0.0146. The van der Waals surface area contributed by atoms with Crippen molar-refractivity contribution in [3.8, 4) is 5.75 Å². The summed E-state index contributed by atoms with van der Waals surface area (Å²) in [5.41, 5.74) is 0.742. The molecule has 0 saturated heterocycles. The molecule has 4 nitrogen and oxygen atoms in total. The third-order valence-electron chi connectivity index (χ3n) is 4.61. The lowest BCUT2D eigenvalue weighted by molar-refractivity contribution is -0.134. The van der Waals surface area contributed by atoms with Gasteiger partial charge in [0.2, 0.25) is 0 Å². The zero-order chi connectivity index (χ0) is 17.1. The molecule has 2 aromatic rings. The summed E-state index contributed by atoms with van der Waals surface area (Å²) in [4.78, 5) is 18.7. The van der Waals surface area contributed by atoms with E-state index in [0.717, 1.165) is 32.7 Å². The summed E-state index contributed by atoms with van der Waals surface area (Å²) in [7, 11) is 1.88. The molecule has 0 atom stereocenters. The Bertz CT molecular complexity index is 745. The van der Waals surface area contributed by atoms with Crippen molar-refractivity contribution in [2.24, 2.45) is 0 Å². The number of likely N-dealkylation sites (N-methyl/N-ethyl adjacent to an activating group) is 1. The molecule has 0 unspecified atom stereocenters. The fourth-order valence-corrected chi connectivity index (χ4v) is 4.58. The number of benzene rings is 1. The van der Waals surface area contributed by atoms with E-state index in [9.17, 15) is 4.79 Å². The maximum absolute atomic E-state index is 12.5. The van der Waals surface area contributed by atoms with E-state index >= 15 is 0 Å². The molecule has 1 aromatic heterocycles. The van der Waals surface area contributed by atoms with Crippen LogP contribution >= 0.6 is 31.9 Å². The van der Waals surface area contributed by atoms with Gasteiger partial charge in [-0.2, -0.15) is 0 Å². The molecular formula is C18H20Br2N2O2. The van der Waals surface area contributed by atoms with Crippen LogP contribution in [-0.4, -0.2) is 35.5 Å². The van der Waals surface area contributed by atoms with E-state index in [1.165, 1.54) is 19.3 Å². The number of nitrogens with zero attached hydrogens (tertiary/aromatic N) is 2. The second-order valence-corrected chi connectivity index (χ2v) is 7.86. The van der Waals surface area contributed by atoms with Crippen LogP contribution < -0.4 is 4.74 Å². The third kappa shape index (κ3) is 3.75. The van der Waals surface area contributed by atoms with Crippen LogP contribution in [0.4, 0.5) is 0 Å². The Labute approximate surface area is 158 Å². The van der Waals surface area contributed by atoms with E-state index in [2.05, 4.69) is 36.8 Å². The van der Waals surface area contributed by atoms with Crippen LogP contribution in [0.3, 0.4) is 0 Å². The summed E-state index contributed by atoms with van der Waals surface area (Å²) in [5.74, 6) is 0.625. The Balaban J connectivity index is 1.74. The lowest BCUT2D eigenvalue weighted by Gasteiger charge is -2.31. The molecule has 1 heterocycles. The number of amides is 1. The van der Waals surface area contributed by atoms with Crippen LogP contribution in [0.15, 0.2) is 33.3 Å². The molecule has 1 amide bonds. The van der Waals surface area contributed by atoms with Crippen LogP contribution in [0.2, 0.25) is 0 Å². The monoisotopic (exact) mass is 454 g/mol. The average Bonchev–Trinajstić information content (AvgIpc) is 2.61. The normalized spacial score (nSPS) is 15.5. The number of pyridine rings is 1. The van der Waals surface area contributed by atoms with Crippen molar-refractivity contribution in [3.63, 3.8) is 0 Å². The first-order chi connectivity index (χ1) is 11.6. The van der Waals surface area contributed by atoms with Crippen molar-refractivity contribution in [1.29, 1.82) is 0 Å². The van der Waals surface area contributed by atoms with Gasteiger partial charge in [0.05, 0.1) is 4.47 Å². The molecule has 0 aliphatic heterocycles. The van der Waals surface area contributed by atoms with Gasteiger partial charge in [-0.3, -0.25) is 9.78 Å². The molecule has 6 heteroatoms. The van der Waals surface area contributed by atoms with Gasteiger partial charge in [0.15, 0.2) is 12.4 Å². The molecule has 24 heavy (non-hydrogen) atoms. The molecule has 0 radical (unpaired) electrons. The van der Waals surface area contributed by atoms with Crippen molar-refractivity contribution in [1.82, 2.24) is 9.88 Å². The molecule has 1 aromatic carbocycles. The first-order valence-corrected chi connectivity index (χ1v) is 9.77. The summed E-state index contributed by atoms with van der Waals surface area (Å²) in [6, 6.07) is 6.13. The minimum Gasteiger partial charge on any atom is -0.480 e. The highest BCUT2D eigenvalue weighted by Gasteiger charge is 2.23. The van der Waals surface area contributed by atoms with Gasteiger partial charge < -0.3 is 9.64 Å². The lowest BCUT2D eigenvalue weighted by atomic mass is 9.94. The number of fused-ring (bicyclic) bond motifs is 1. The van der Waals surface area contributed by atoms with Crippen LogP contribution in [0.1, 0.15) is 32.1 Å². The van der Waals surface area contributed by atoms with Gasteiger partial charge >= 0.3 is 0 Å². The number of aromatic nitrogens is 1. The predicted octanol–water partition coefficient (Wildman–Crippen LogP) is 4.93. The summed E-state index contributed by atoms with van der Waals surface area (Å²) >= 11 is 7.05. The molecule has 0 bridgehead atoms. The zero-order valence-corrected chi connectivity index (χ0v) is 16.8. The van der Waals surface area contributed by atoms with E-state index < -0.39 is 0 Å². The van der Waals surface area contributed by atoms with Crippen LogP contribution in [-0.2, 0) is 4.79 Å². The molecule has 1 fully saturated rings. The highest BCUT2D eigenvalue weighted by Crippen LogP contribution is 2.37. The van der Waals surface area contributed by atoms with Crippen molar-refractivity contribution in [2.45, 2.75) is 38.1 Å². The standard InChI is InChI=1S/C18H20Br2N2O2/c1-22(12-6-3-2-4-7-12)16(23)11-24-18-15(20)10-14(19)13-8-5-9-21-17(13)18/h5,8-10,12H,2-4,6-7,11H2,1H3.